The molecule has 0 bridgehead atoms. The molecule has 1 atom stereocenters. The van der Waals surface area contributed by atoms with Gasteiger partial charge in [0.25, 0.3) is 0 Å². The summed E-state index contributed by atoms with van der Waals surface area (Å²) in [5.41, 5.74) is 8.19. The van der Waals surface area contributed by atoms with Crippen LogP contribution in [0.25, 0.3) is 0 Å². The maximum Gasteiger partial charge on any atom is 0.141 e. The molecule has 2 rings (SSSR count). The molecular formula is C17H19BrClNO. The van der Waals surface area contributed by atoms with Crippen molar-refractivity contribution in [2.75, 3.05) is 0 Å². The molecule has 0 fully saturated rings. The van der Waals surface area contributed by atoms with Crippen LogP contribution >= 0.6 is 27.5 Å². The molecule has 0 aliphatic heterocycles. The number of ether oxygens (including phenoxy) is 1. The molecule has 0 aromatic heterocycles. The molecule has 0 radical (unpaired) electrons. The number of hydrogen-bond donors (Lipinski definition) is 1. The average Bonchev–Trinajstić information content (AvgIpc) is 2.48. The smallest absolute Gasteiger partial charge is 0.141 e. The normalized spacial score (nSPS) is 12.2. The SMILES string of the molecule is CCC(N)Cc1cccc(Cl)c1OCc1ccccc1Br. The fourth-order valence-electron chi connectivity index (χ4n) is 2.07. The number of halogens is 2. The summed E-state index contributed by atoms with van der Waals surface area (Å²) >= 11 is 9.81. The molecular weight excluding hydrogens is 350 g/mol. The first-order valence-corrected chi connectivity index (χ1v) is 8.18. The number of rotatable bonds is 6. The van der Waals surface area contributed by atoms with E-state index < -0.39 is 0 Å². The predicted molar refractivity (Wildman–Crippen MR) is 91.9 cm³/mol. The van der Waals surface area contributed by atoms with E-state index in [0.29, 0.717) is 11.6 Å². The highest BCUT2D eigenvalue weighted by Gasteiger charge is 2.12. The van der Waals surface area contributed by atoms with Crippen molar-refractivity contribution in [3.8, 4) is 5.75 Å². The summed E-state index contributed by atoms with van der Waals surface area (Å²) in [7, 11) is 0. The molecule has 112 valence electrons. The van der Waals surface area contributed by atoms with Crippen molar-refractivity contribution in [3.63, 3.8) is 0 Å². The van der Waals surface area contributed by atoms with Crippen molar-refractivity contribution in [2.24, 2.45) is 5.73 Å². The second-order valence-electron chi connectivity index (χ2n) is 4.98. The maximum absolute atomic E-state index is 6.28. The molecule has 1 unspecified atom stereocenters. The van der Waals surface area contributed by atoms with Crippen molar-refractivity contribution in [1.29, 1.82) is 0 Å². The van der Waals surface area contributed by atoms with Crippen LogP contribution in [0.4, 0.5) is 0 Å². The van der Waals surface area contributed by atoms with Gasteiger partial charge in [-0.25, -0.2) is 0 Å². The molecule has 0 saturated carbocycles. The number of para-hydroxylation sites is 1. The third-order valence-corrected chi connectivity index (χ3v) is 4.46. The molecule has 4 heteroatoms. The van der Waals surface area contributed by atoms with Crippen LogP contribution in [-0.2, 0) is 13.0 Å². The molecule has 0 aliphatic rings. The van der Waals surface area contributed by atoms with Crippen LogP contribution in [0.2, 0.25) is 5.02 Å². The number of benzene rings is 2. The first-order chi connectivity index (χ1) is 10.1. The maximum atomic E-state index is 6.28. The van der Waals surface area contributed by atoms with Crippen LogP contribution in [0.5, 0.6) is 5.75 Å². The van der Waals surface area contributed by atoms with Gasteiger partial charge in [-0.1, -0.05) is 64.8 Å². The zero-order chi connectivity index (χ0) is 15.2. The largest absolute Gasteiger partial charge is 0.487 e. The summed E-state index contributed by atoms with van der Waals surface area (Å²) in [6, 6.07) is 13.9. The van der Waals surface area contributed by atoms with Gasteiger partial charge in [0.1, 0.15) is 12.4 Å². The quantitative estimate of drug-likeness (QED) is 0.782. The minimum atomic E-state index is 0.120. The van der Waals surface area contributed by atoms with E-state index in [9.17, 15) is 0 Å². The van der Waals surface area contributed by atoms with Gasteiger partial charge in [0, 0.05) is 16.1 Å². The third kappa shape index (κ3) is 4.47. The summed E-state index contributed by atoms with van der Waals surface area (Å²) < 4.78 is 6.99. The van der Waals surface area contributed by atoms with Gasteiger partial charge in [-0.15, -0.1) is 0 Å². The zero-order valence-corrected chi connectivity index (χ0v) is 14.3. The van der Waals surface area contributed by atoms with E-state index in [1.807, 2.05) is 42.5 Å². The van der Waals surface area contributed by atoms with Crippen molar-refractivity contribution in [1.82, 2.24) is 0 Å². The Morgan fingerprint density at radius 3 is 2.57 bits per heavy atom. The number of nitrogens with two attached hydrogens (primary N) is 1. The second-order valence-corrected chi connectivity index (χ2v) is 6.24. The summed E-state index contributed by atoms with van der Waals surface area (Å²) in [5, 5.41) is 0.628. The van der Waals surface area contributed by atoms with Gasteiger partial charge in [0.05, 0.1) is 5.02 Å². The lowest BCUT2D eigenvalue weighted by Crippen LogP contribution is -2.21. The Morgan fingerprint density at radius 2 is 1.86 bits per heavy atom. The number of hydrogen-bond acceptors (Lipinski definition) is 2. The molecule has 0 amide bonds. The van der Waals surface area contributed by atoms with Gasteiger partial charge >= 0.3 is 0 Å². The summed E-state index contributed by atoms with van der Waals surface area (Å²) in [4.78, 5) is 0. The van der Waals surface area contributed by atoms with Gasteiger partial charge in [-0.2, -0.15) is 0 Å². The standard InChI is InChI=1S/C17H19BrClNO/c1-2-14(20)10-12-7-5-9-16(19)17(12)21-11-13-6-3-4-8-15(13)18/h3-9,14H,2,10-11,20H2,1H3. The van der Waals surface area contributed by atoms with Crippen LogP contribution in [-0.4, -0.2) is 6.04 Å². The van der Waals surface area contributed by atoms with Crippen LogP contribution < -0.4 is 10.5 Å². The van der Waals surface area contributed by atoms with E-state index in [1.54, 1.807) is 0 Å². The summed E-state index contributed by atoms with van der Waals surface area (Å²) in [6.45, 7) is 2.55. The zero-order valence-electron chi connectivity index (χ0n) is 12.0. The molecule has 2 aromatic carbocycles. The van der Waals surface area contributed by atoms with Gasteiger partial charge in [0.15, 0.2) is 0 Å². The molecule has 2 nitrogen and oxygen atoms in total. The van der Waals surface area contributed by atoms with E-state index in [1.165, 1.54) is 0 Å². The lowest BCUT2D eigenvalue weighted by Gasteiger charge is -2.16. The van der Waals surface area contributed by atoms with Crippen molar-refractivity contribution < 1.29 is 4.74 Å². The topological polar surface area (TPSA) is 35.2 Å². The van der Waals surface area contributed by atoms with E-state index in [-0.39, 0.29) is 6.04 Å². The minimum absolute atomic E-state index is 0.120. The molecule has 21 heavy (non-hydrogen) atoms. The van der Waals surface area contributed by atoms with Crippen molar-refractivity contribution in [2.45, 2.75) is 32.4 Å². The predicted octanol–water partition coefficient (Wildman–Crippen LogP) is 4.96. The van der Waals surface area contributed by atoms with Crippen LogP contribution in [0, 0.1) is 0 Å². The fraction of sp³-hybridized carbons (Fsp3) is 0.294. The molecule has 0 heterocycles. The average molecular weight is 369 g/mol. The van der Waals surface area contributed by atoms with Crippen molar-refractivity contribution >= 4 is 27.5 Å². The van der Waals surface area contributed by atoms with E-state index in [4.69, 9.17) is 22.1 Å². The molecule has 0 aliphatic carbocycles. The van der Waals surface area contributed by atoms with E-state index in [2.05, 4.69) is 22.9 Å². The highest BCUT2D eigenvalue weighted by Crippen LogP contribution is 2.31. The lowest BCUT2D eigenvalue weighted by molar-refractivity contribution is 0.301. The third-order valence-electron chi connectivity index (χ3n) is 3.38. The van der Waals surface area contributed by atoms with E-state index >= 15 is 0 Å². The molecule has 2 N–H and O–H groups in total. The summed E-state index contributed by atoms with van der Waals surface area (Å²) in [6.07, 6.45) is 1.69. The monoisotopic (exact) mass is 367 g/mol. The molecule has 0 spiro atoms. The first-order valence-electron chi connectivity index (χ1n) is 7.01. The van der Waals surface area contributed by atoms with Crippen molar-refractivity contribution in [3.05, 3.63) is 63.1 Å². The van der Waals surface area contributed by atoms with Gasteiger partial charge < -0.3 is 10.5 Å². The Labute approximate surface area is 139 Å². The Morgan fingerprint density at radius 1 is 1.14 bits per heavy atom. The van der Waals surface area contributed by atoms with Gasteiger partial charge in [0.2, 0.25) is 0 Å². The van der Waals surface area contributed by atoms with Gasteiger partial charge in [-0.3, -0.25) is 0 Å². The minimum Gasteiger partial charge on any atom is -0.487 e. The first kappa shape index (κ1) is 16.3. The summed E-state index contributed by atoms with van der Waals surface area (Å²) in [5.74, 6) is 0.735. The Bertz CT molecular complexity index is 603. The second kappa shape index (κ2) is 7.83. The van der Waals surface area contributed by atoms with Crippen LogP contribution in [0.1, 0.15) is 24.5 Å². The molecule has 2 aromatic rings. The van der Waals surface area contributed by atoms with E-state index in [0.717, 1.165) is 34.2 Å². The van der Waals surface area contributed by atoms with Crippen LogP contribution in [0.3, 0.4) is 0 Å². The highest BCUT2D eigenvalue weighted by molar-refractivity contribution is 9.10. The Kier molecular flexibility index (Phi) is 6.09. The fourth-order valence-corrected chi connectivity index (χ4v) is 2.72. The Hall–Kier alpha value is -1.03. The van der Waals surface area contributed by atoms with Gasteiger partial charge in [-0.05, 0) is 30.5 Å². The molecule has 0 saturated heterocycles. The Balaban J connectivity index is 2.17. The highest BCUT2D eigenvalue weighted by atomic mass is 79.9. The van der Waals surface area contributed by atoms with Crippen LogP contribution in [0.15, 0.2) is 46.9 Å². The lowest BCUT2D eigenvalue weighted by atomic mass is 10.0.